The van der Waals surface area contributed by atoms with Gasteiger partial charge in [0.15, 0.2) is 0 Å². The van der Waals surface area contributed by atoms with Crippen LogP contribution in [0.3, 0.4) is 0 Å². The smallest absolute Gasteiger partial charge is 0.212 e. The van der Waals surface area contributed by atoms with Gasteiger partial charge in [-0.25, -0.2) is 0 Å². The topological polar surface area (TPSA) is 139 Å². The molecule has 18 heavy (non-hydrogen) atoms. The van der Waals surface area contributed by atoms with Crippen LogP contribution in [0.5, 0.6) is 0 Å². The summed E-state index contributed by atoms with van der Waals surface area (Å²) in [7, 11) is 0. The fourth-order valence-corrected chi connectivity index (χ4v) is 1.98. The lowest BCUT2D eigenvalue weighted by Crippen LogP contribution is -2.40. The molecule has 9 heteroatoms. The van der Waals surface area contributed by atoms with Crippen molar-refractivity contribution >= 4 is 22.7 Å². The highest BCUT2D eigenvalue weighted by molar-refractivity contribution is 7.09. The minimum Gasteiger partial charge on any atom is -0.409 e. The Kier molecular flexibility index (Phi) is 2.98. The Hall–Kier alpha value is -2.42. The van der Waals surface area contributed by atoms with Gasteiger partial charge >= 0.3 is 0 Å². The normalized spacial score (nSPS) is 11.9. The van der Waals surface area contributed by atoms with E-state index in [1.165, 1.54) is 11.3 Å². The molecule has 2 rings (SSSR count). The number of hydrogen-bond donors (Lipinski definition) is 5. The molecule has 2 aromatic rings. The quantitative estimate of drug-likeness (QED) is 0.471. The molecule has 0 fully saturated rings. The molecule has 2 aromatic heterocycles. The van der Waals surface area contributed by atoms with Crippen LogP contribution in [-0.2, 0) is 6.54 Å². The Balaban J connectivity index is 2.57. The van der Waals surface area contributed by atoms with Gasteiger partial charge in [0.25, 0.3) is 0 Å². The van der Waals surface area contributed by atoms with Crippen LogP contribution in [0.25, 0.3) is 0 Å². The summed E-state index contributed by atoms with van der Waals surface area (Å²) >= 11 is 1.50. The van der Waals surface area contributed by atoms with E-state index in [0.717, 1.165) is 4.88 Å². The zero-order valence-corrected chi connectivity index (χ0v) is 10.1. The van der Waals surface area contributed by atoms with Gasteiger partial charge < -0.3 is 21.9 Å². The summed E-state index contributed by atoms with van der Waals surface area (Å²) < 4.78 is 0. The second kappa shape index (κ2) is 4.45. The average molecular weight is 268 g/mol. The zero-order valence-electron chi connectivity index (χ0n) is 9.24. The average Bonchev–Trinajstić information content (AvgIpc) is 2.87. The third-order valence-corrected chi connectivity index (χ3v) is 3.18. The van der Waals surface area contributed by atoms with Gasteiger partial charge in [0.1, 0.15) is 11.4 Å². The van der Waals surface area contributed by atoms with Crippen LogP contribution in [0.1, 0.15) is 4.88 Å². The summed E-state index contributed by atoms with van der Waals surface area (Å²) in [6.07, 6.45) is 0. The van der Waals surface area contributed by atoms with Gasteiger partial charge in [-0.15, -0.1) is 11.3 Å². The molecule has 0 aromatic carbocycles. The molecule has 0 atom stereocenters. The summed E-state index contributed by atoms with van der Waals surface area (Å²) in [5.41, 5.74) is 10.4. The third-order valence-electron chi connectivity index (χ3n) is 2.32. The summed E-state index contributed by atoms with van der Waals surface area (Å²) in [5, 5.41) is 28.3. The lowest BCUT2D eigenvalue weighted by Gasteiger charge is -2.09. The molecule has 0 unspecified atom stereocenters. The molecule has 0 aliphatic carbocycles. The van der Waals surface area contributed by atoms with Gasteiger partial charge in [0, 0.05) is 4.88 Å². The van der Waals surface area contributed by atoms with Gasteiger partial charge in [0.2, 0.25) is 11.0 Å². The van der Waals surface area contributed by atoms with Gasteiger partial charge in [-0.1, -0.05) is 15.8 Å². The number of nitrogens with two attached hydrogens (primary N) is 2. The van der Waals surface area contributed by atoms with Crippen molar-refractivity contribution in [1.82, 2.24) is 9.69 Å². The molecule has 2 heterocycles. The van der Waals surface area contributed by atoms with E-state index in [0.29, 0.717) is 6.54 Å². The van der Waals surface area contributed by atoms with E-state index in [1.807, 2.05) is 17.5 Å². The molecule has 0 aliphatic rings. The predicted molar refractivity (Wildman–Crippen MR) is 65.1 cm³/mol. The molecule has 8 nitrogen and oxygen atoms in total. The van der Waals surface area contributed by atoms with Crippen molar-refractivity contribution in [2.75, 3.05) is 11.5 Å². The van der Waals surface area contributed by atoms with Gasteiger partial charge in [0.05, 0.1) is 6.54 Å². The first-order chi connectivity index (χ1) is 8.52. The first kappa shape index (κ1) is 12.0. The number of nitrogens with zero attached hydrogens (tertiary/aromatic N) is 3. The SMILES string of the molecule is N=c1c(N)c(N)c(=NCc2cccs2)n(O)n1O. The standard InChI is InChI=1S/C9H12N6O2S/c10-6-7(11)9(15(17)14(16)8(6)12)13-4-5-2-1-3-18-5/h1-3,12,16-17H,4,10-11H2. The van der Waals surface area contributed by atoms with Crippen molar-refractivity contribution in [3.8, 4) is 0 Å². The lowest BCUT2D eigenvalue weighted by atomic mass is 10.4. The van der Waals surface area contributed by atoms with E-state index in [9.17, 15) is 10.4 Å². The number of thiophene rings is 1. The van der Waals surface area contributed by atoms with E-state index in [1.54, 1.807) is 0 Å². The van der Waals surface area contributed by atoms with Gasteiger partial charge in [-0.2, -0.15) is 0 Å². The summed E-state index contributed by atoms with van der Waals surface area (Å²) in [5.74, 6) is 0. The molecular formula is C9H12N6O2S. The van der Waals surface area contributed by atoms with Crippen LogP contribution < -0.4 is 22.4 Å². The number of rotatable bonds is 2. The van der Waals surface area contributed by atoms with E-state index >= 15 is 0 Å². The number of aromatic nitrogens is 2. The van der Waals surface area contributed by atoms with E-state index in [-0.39, 0.29) is 26.6 Å². The van der Waals surface area contributed by atoms with Crippen LogP contribution in [0, 0.1) is 5.41 Å². The first-order valence-corrected chi connectivity index (χ1v) is 5.79. The lowest BCUT2D eigenvalue weighted by molar-refractivity contribution is -0.0314. The molecular weight excluding hydrogens is 256 g/mol. The predicted octanol–water partition coefficient (Wildman–Crippen LogP) is -0.430. The van der Waals surface area contributed by atoms with Crippen molar-refractivity contribution in [3.05, 3.63) is 33.4 Å². The van der Waals surface area contributed by atoms with Crippen molar-refractivity contribution in [2.24, 2.45) is 4.99 Å². The van der Waals surface area contributed by atoms with Gasteiger partial charge in [-0.3, -0.25) is 10.4 Å². The number of hydrogen-bond acceptors (Lipinski definition) is 7. The van der Waals surface area contributed by atoms with Crippen molar-refractivity contribution in [1.29, 1.82) is 5.41 Å². The Labute approximate surface area is 105 Å². The molecule has 0 saturated heterocycles. The van der Waals surface area contributed by atoms with Crippen molar-refractivity contribution in [2.45, 2.75) is 6.54 Å². The van der Waals surface area contributed by atoms with E-state index < -0.39 is 5.49 Å². The molecule has 0 amide bonds. The summed E-state index contributed by atoms with van der Waals surface area (Å²) in [6, 6.07) is 3.75. The van der Waals surface area contributed by atoms with Crippen LogP contribution in [0.2, 0.25) is 0 Å². The Morgan fingerprint density at radius 2 is 2.00 bits per heavy atom. The van der Waals surface area contributed by atoms with E-state index in [2.05, 4.69) is 4.99 Å². The molecule has 0 spiro atoms. The number of nitrogen functional groups attached to an aromatic ring is 2. The van der Waals surface area contributed by atoms with Crippen molar-refractivity contribution in [3.63, 3.8) is 0 Å². The Morgan fingerprint density at radius 1 is 1.28 bits per heavy atom. The highest BCUT2D eigenvalue weighted by atomic mass is 32.1. The molecule has 7 N–H and O–H groups in total. The van der Waals surface area contributed by atoms with Crippen LogP contribution in [0.4, 0.5) is 11.4 Å². The van der Waals surface area contributed by atoms with Crippen molar-refractivity contribution < 1.29 is 10.4 Å². The maximum atomic E-state index is 9.60. The maximum Gasteiger partial charge on any atom is 0.212 e. The largest absolute Gasteiger partial charge is 0.409 e. The highest BCUT2D eigenvalue weighted by Gasteiger charge is 2.09. The second-order valence-electron chi connectivity index (χ2n) is 3.47. The van der Waals surface area contributed by atoms with Gasteiger partial charge in [-0.05, 0) is 11.4 Å². The molecule has 0 radical (unpaired) electrons. The van der Waals surface area contributed by atoms with E-state index in [4.69, 9.17) is 16.9 Å². The molecule has 0 bridgehead atoms. The third kappa shape index (κ3) is 1.91. The molecule has 0 saturated carbocycles. The zero-order chi connectivity index (χ0) is 13.3. The second-order valence-corrected chi connectivity index (χ2v) is 4.51. The minimum atomic E-state index is -0.509. The monoisotopic (exact) mass is 268 g/mol. The maximum absolute atomic E-state index is 9.60. The first-order valence-electron chi connectivity index (χ1n) is 4.91. The number of nitrogens with one attached hydrogen (secondary N) is 1. The Morgan fingerprint density at radius 3 is 2.61 bits per heavy atom. The minimum absolute atomic E-state index is 0.0515. The fourth-order valence-electron chi connectivity index (χ4n) is 1.35. The Bertz CT molecular complexity index is 649. The summed E-state index contributed by atoms with van der Waals surface area (Å²) in [4.78, 5) is 5.47. The molecule has 96 valence electrons. The summed E-state index contributed by atoms with van der Waals surface area (Å²) in [6.45, 7) is 0.291. The van der Waals surface area contributed by atoms with Crippen LogP contribution >= 0.6 is 11.3 Å². The fraction of sp³-hybridized carbons (Fsp3) is 0.111. The molecule has 0 aliphatic heterocycles. The van der Waals surface area contributed by atoms with Crippen LogP contribution in [-0.4, -0.2) is 20.1 Å². The number of anilines is 2. The van der Waals surface area contributed by atoms with Crippen LogP contribution in [0.15, 0.2) is 22.5 Å². The highest BCUT2D eigenvalue weighted by Crippen LogP contribution is 2.09.